The van der Waals surface area contributed by atoms with Crippen molar-refractivity contribution in [3.8, 4) is 0 Å². The monoisotopic (exact) mass is 352 g/mol. The number of hydrogen-bond acceptors (Lipinski definition) is 2. The molecule has 4 nitrogen and oxygen atoms in total. The molecule has 0 aromatic heterocycles. The Morgan fingerprint density at radius 2 is 1.54 bits per heavy atom. The Labute approximate surface area is 156 Å². The fourth-order valence-electron chi connectivity index (χ4n) is 2.53. The van der Waals surface area contributed by atoms with Gasteiger partial charge >= 0.3 is 0 Å². The molecule has 0 aliphatic carbocycles. The van der Waals surface area contributed by atoms with Gasteiger partial charge in [0.2, 0.25) is 11.8 Å². The molecule has 0 heterocycles. The van der Waals surface area contributed by atoms with E-state index in [9.17, 15) is 9.59 Å². The molecule has 4 heteroatoms. The van der Waals surface area contributed by atoms with Crippen LogP contribution >= 0.6 is 0 Å². The van der Waals surface area contributed by atoms with Gasteiger partial charge < -0.3 is 10.6 Å². The zero-order valence-corrected chi connectivity index (χ0v) is 16.0. The van der Waals surface area contributed by atoms with Crippen LogP contribution in [0.1, 0.15) is 44.7 Å². The van der Waals surface area contributed by atoms with Crippen molar-refractivity contribution in [1.82, 2.24) is 5.32 Å². The molecule has 2 amide bonds. The van der Waals surface area contributed by atoms with E-state index in [1.165, 1.54) is 5.56 Å². The lowest BCUT2D eigenvalue weighted by Crippen LogP contribution is -2.45. The maximum atomic E-state index is 12.6. The maximum absolute atomic E-state index is 12.6. The Kier molecular flexibility index (Phi) is 6.56. The number of carbonyl (C=O) groups is 2. The van der Waals surface area contributed by atoms with Crippen LogP contribution < -0.4 is 10.6 Å². The standard InChI is InChI=1S/C22H28N2O2/c1-16(2)18-10-12-19(13-11-18)24-21(26)22(3,4)20(25)23-15-14-17-8-6-5-7-9-17/h5-13,16H,14-15H2,1-4H3,(H,23,25)(H,24,26). The van der Waals surface area contributed by atoms with Crippen molar-refractivity contribution in [2.45, 2.75) is 40.0 Å². The summed E-state index contributed by atoms with van der Waals surface area (Å²) in [6, 6.07) is 17.7. The van der Waals surface area contributed by atoms with E-state index < -0.39 is 5.41 Å². The first-order chi connectivity index (χ1) is 12.3. The van der Waals surface area contributed by atoms with Crippen molar-refractivity contribution in [1.29, 1.82) is 0 Å². The van der Waals surface area contributed by atoms with E-state index in [0.29, 0.717) is 18.2 Å². The minimum atomic E-state index is -1.15. The van der Waals surface area contributed by atoms with Crippen molar-refractivity contribution in [2.75, 3.05) is 11.9 Å². The summed E-state index contributed by atoms with van der Waals surface area (Å²) in [6.45, 7) is 8.03. The van der Waals surface area contributed by atoms with Gasteiger partial charge in [0.05, 0.1) is 0 Å². The molecule has 2 rings (SSSR count). The second kappa shape index (κ2) is 8.65. The normalized spacial score (nSPS) is 11.3. The van der Waals surface area contributed by atoms with E-state index in [4.69, 9.17) is 0 Å². The first kappa shape index (κ1) is 19.7. The largest absolute Gasteiger partial charge is 0.355 e. The van der Waals surface area contributed by atoms with Gasteiger partial charge in [0, 0.05) is 12.2 Å². The number of hydrogen-bond donors (Lipinski definition) is 2. The third-order valence-corrected chi connectivity index (χ3v) is 4.51. The Bertz CT molecular complexity index is 734. The topological polar surface area (TPSA) is 58.2 Å². The number of anilines is 1. The van der Waals surface area contributed by atoms with E-state index >= 15 is 0 Å². The lowest BCUT2D eigenvalue weighted by atomic mass is 9.90. The summed E-state index contributed by atoms with van der Waals surface area (Å²) in [7, 11) is 0. The Hall–Kier alpha value is -2.62. The molecule has 0 bridgehead atoms. The van der Waals surface area contributed by atoms with Gasteiger partial charge in [0.15, 0.2) is 0 Å². The first-order valence-electron chi connectivity index (χ1n) is 9.04. The summed E-state index contributed by atoms with van der Waals surface area (Å²) >= 11 is 0. The molecule has 138 valence electrons. The van der Waals surface area contributed by atoms with Gasteiger partial charge in [-0.2, -0.15) is 0 Å². The minimum absolute atomic E-state index is 0.273. The van der Waals surface area contributed by atoms with E-state index in [2.05, 4.69) is 24.5 Å². The van der Waals surface area contributed by atoms with Gasteiger partial charge in [-0.3, -0.25) is 9.59 Å². The van der Waals surface area contributed by atoms with Crippen LogP contribution in [0.4, 0.5) is 5.69 Å². The lowest BCUT2D eigenvalue weighted by molar-refractivity contribution is -0.138. The summed E-state index contributed by atoms with van der Waals surface area (Å²) in [6.07, 6.45) is 0.737. The fourth-order valence-corrected chi connectivity index (χ4v) is 2.53. The molecular weight excluding hydrogens is 324 g/mol. The van der Waals surface area contributed by atoms with Gasteiger partial charge in [0.25, 0.3) is 0 Å². The van der Waals surface area contributed by atoms with E-state index in [0.717, 1.165) is 12.0 Å². The van der Waals surface area contributed by atoms with E-state index in [1.54, 1.807) is 13.8 Å². The predicted molar refractivity (Wildman–Crippen MR) is 106 cm³/mol. The van der Waals surface area contributed by atoms with Crippen molar-refractivity contribution >= 4 is 17.5 Å². The summed E-state index contributed by atoms with van der Waals surface area (Å²) in [5.41, 5.74) is 1.92. The quantitative estimate of drug-likeness (QED) is 0.736. The molecule has 0 fully saturated rings. The molecular formula is C22H28N2O2. The summed E-state index contributed by atoms with van der Waals surface area (Å²) in [5.74, 6) is -0.150. The highest BCUT2D eigenvalue weighted by molar-refractivity contribution is 6.09. The van der Waals surface area contributed by atoms with Crippen LogP contribution in [0.15, 0.2) is 54.6 Å². The molecule has 2 N–H and O–H groups in total. The van der Waals surface area contributed by atoms with Crippen LogP contribution in [0.3, 0.4) is 0 Å². The molecule has 0 radical (unpaired) electrons. The van der Waals surface area contributed by atoms with Crippen molar-refractivity contribution < 1.29 is 9.59 Å². The number of rotatable bonds is 7. The second-order valence-electron chi connectivity index (χ2n) is 7.35. The number of nitrogens with one attached hydrogen (secondary N) is 2. The summed E-state index contributed by atoms with van der Waals surface area (Å²) < 4.78 is 0. The molecule has 2 aromatic rings. The van der Waals surface area contributed by atoms with Crippen LogP contribution in [0.5, 0.6) is 0 Å². The Morgan fingerprint density at radius 1 is 0.923 bits per heavy atom. The van der Waals surface area contributed by atoms with E-state index in [1.807, 2.05) is 54.6 Å². The van der Waals surface area contributed by atoms with Gasteiger partial charge in [0.1, 0.15) is 5.41 Å². The van der Waals surface area contributed by atoms with Gasteiger partial charge in [-0.05, 0) is 49.4 Å². The molecule has 0 aliphatic heterocycles. The highest BCUT2D eigenvalue weighted by Gasteiger charge is 2.35. The third-order valence-electron chi connectivity index (χ3n) is 4.51. The lowest BCUT2D eigenvalue weighted by Gasteiger charge is -2.23. The zero-order chi connectivity index (χ0) is 19.2. The average molecular weight is 352 g/mol. The smallest absolute Gasteiger partial charge is 0.239 e. The Morgan fingerprint density at radius 3 is 2.12 bits per heavy atom. The average Bonchev–Trinajstić information content (AvgIpc) is 2.62. The van der Waals surface area contributed by atoms with Gasteiger partial charge in [-0.25, -0.2) is 0 Å². The van der Waals surface area contributed by atoms with E-state index in [-0.39, 0.29) is 11.8 Å². The second-order valence-corrected chi connectivity index (χ2v) is 7.35. The van der Waals surface area contributed by atoms with Crippen molar-refractivity contribution in [3.05, 3.63) is 65.7 Å². The molecule has 0 spiro atoms. The van der Waals surface area contributed by atoms with Crippen molar-refractivity contribution in [2.24, 2.45) is 5.41 Å². The zero-order valence-electron chi connectivity index (χ0n) is 16.0. The fraction of sp³-hybridized carbons (Fsp3) is 0.364. The molecule has 26 heavy (non-hydrogen) atoms. The molecule has 0 aliphatic rings. The first-order valence-corrected chi connectivity index (χ1v) is 9.04. The predicted octanol–water partition coefficient (Wildman–Crippen LogP) is 4.13. The molecule has 0 saturated carbocycles. The molecule has 0 atom stereocenters. The van der Waals surface area contributed by atoms with Crippen LogP contribution in [0.2, 0.25) is 0 Å². The number of amides is 2. The highest BCUT2D eigenvalue weighted by Crippen LogP contribution is 2.21. The SMILES string of the molecule is CC(C)c1ccc(NC(=O)C(C)(C)C(=O)NCCc2ccccc2)cc1. The Balaban J connectivity index is 1.90. The molecule has 0 unspecified atom stereocenters. The summed E-state index contributed by atoms with van der Waals surface area (Å²) in [5, 5.41) is 5.70. The third kappa shape index (κ3) is 5.19. The number of carbonyl (C=O) groups excluding carboxylic acids is 2. The van der Waals surface area contributed by atoms with Crippen molar-refractivity contribution in [3.63, 3.8) is 0 Å². The van der Waals surface area contributed by atoms with Crippen LogP contribution in [-0.2, 0) is 16.0 Å². The van der Waals surface area contributed by atoms with Gasteiger partial charge in [-0.1, -0.05) is 56.3 Å². The van der Waals surface area contributed by atoms with Crippen LogP contribution in [0, 0.1) is 5.41 Å². The molecule has 2 aromatic carbocycles. The van der Waals surface area contributed by atoms with Crippen LogP contribution in [-0.4, -0.2) is 18.4 Å². The minimum Gasteiger partial charge on any atom is -0.355 e. The van der Waals surface area contributed by atoms with Crippen LogP contribution in [0.25, 0.3) is 0 Å². The maximum Gasteiger partial charge on any atom is 0.239 e. The summed E-state index contributed by atoms with van der Waals surface area (Å²) in [4.78, 5) is 25.0. The molecule has 0 saturated heterocycles. The number of benzene rings is 2. The highest BCUT2D eigenvalue weighted by atomic mass is 16.2. The van der Waals surface area contributed by atoms with Gasteiger partial charge in [-0.15, -0.1) is 0 Å².